The standard InChI is InChI=1S/C19H10BrN5O2/c20-14-3-1-2-13(10-14)19-22-18(25-27-19)12-4-7-16(8-5-12)26-17-9-6-15(11-21)23-24-17/h1-10H. The minimum absolute atomic E-state index is 0.232. The summed E-state index contributed by atoms with van der Waals surface area (Å²) < 4.78 is 11.9. The average Bonchev–Trinajstić information content (AvgIpc) is 3.19. The summed E-state index contributed by atoms with van der Waals surface area (Å²) in [6, 6.07) is 19.9. The summed E-state index contributed by atoms with van der Waals surface area (Å²) in [6.45, 7) is 0. The second kappa shape index (κ2) is 7.35. The summed E-state index contributed by atoms with van der Waals surface area (Å²) in [5.74, 6) is 1.81. The first kappa shape index (κ1) is 16.9. The van der Waals surface area contributed by atoms with Crippen molar-refractivity contribution in [2.75, 3.05) is 0 Å². The fourth-order valence-corrected chi connectivity index (χ4v) is 2.71. The van der Waals surface area contributed by atoms with Gasteiger partial charge in [-0.3, -0.25) is 0 Å². The molecule has 0 unspecified atom stereocenters. The van der Waals surface area contributed by atoms with E-state index >= 15 is 0 Å². The SMILES string of the molecule is N#Cc1ccc(Oc2ccc(-c3noc(-c4cccc(Br)c4)n3)cc2)nn1. The van der Waals surface area contributed by atoms with Gasteiger partial charge in [-0.15, -0.1) is 10.2 Å². The summed E-state index contributed by atoms with van der Waals surface area (Å²) in [5.41, 5.74) is 1.86. The van der Waals surface area contributed by atoms with Crippen LogP contribution >= 0.6 is 15.9 Å². The van der Waals surface area contributed by atoms with Gasteiger partial charge in [-0.05, 0) is 48.5 Å². The average molecular weight is 420 g/mol. The maximum Gasteiger partial charge on any atom is 0.258 e. The van der Waals surface area contributed by atoms with Gasteiger partial charge in [0.25, 0.3) is 5.89 Å². The van der Waals surface area contributed by atoms with E-state index in [4.69, 9.17) is 14.5 Å². The maximum absolute atomic E-state index is 8.73. The molecule has 0 bridgehead atoms. The molecular weight excluding hydrogens is 410 g/mol. The van der Waals surface area contributed by atoms with Crippen LogP contribution in [0.3, 0.4) is 0 Å². The molecule has 2 aromatic carbocycles. The van der Waals surface area contributed by atoms with E-state index in [9.17, 15) is 0 Å². The highest BCUT2D eigenvalue weighted by Crippen LogP contribution is 2.26. The van der Waals surface area contributed by atoms with E-state index in [0.717, 1.165) is 15.6 Å². The van der Waals surface area contributed by atoms with Crippen molar-refractivity contribution in [3.63, 3.8) is 0 Å². The lowest BCUT2D eigenvalue weighted by molar-refractivity contribution is 0.432. The van der Waals surface area contributed by atoms with E-state index in [1.807, 2.05) is 42.5 Å². The Hall–Kier alpha value is -3.57. The van der Waals surface area contributed by atoms with Gasteiger partial charge in [-0.2, -0.15) is 10.2 Å². The van der Waals surface area contributed by atoms with Crippen molar-refractivity contribution in [3.8, 4) is 40.5 Å². The van der Waals surface area contributed by atoms with Crippen LogP contribution in [0.25, 0.3) is 22.8 Å². The quantitative estimate of drug-likeness (QED) is 0.475. The molecule has 4 aromatic rings. The highest BCUT2D eigenvalue weighted by atomic mass is 79.9. The van der Waals surface area contributed by atoms with E-state index in [1.54, 1.807) is 24.3 Å². The third kappa shape index (κ3) is 3.83. The van der Waals surface area contributed by atoms with Gasteiger partial charge < -0.3 is 9.26 Å². The van der Waals surface area contributed by atoms with Gasteiger partial charge in [0.1, 0.15) is 11.8 Å². The summed E-state index contributed by atoms with van der Waals surface area (Å²) in [5, 5.41) is 20.3. The number of hydrogen-bond acceptors (Lipinski definition) is 7. The first-order valence-electron chi connectivity index (χ1n) is 7.83. The van der Waals surface area contributed by atoms with Crippen molar-refractivity contribution < 1.29 is 9.26 Å². The topological polar surface area (TPSA) is 97.7 Å². The van der Waals surface area contributed by atoms with E-state index < -0.39 is 0 Å². The number of benzene rings is 2. The second-order valence-electron chi connectivity index (χ2n) is 5.43. The van der Waals surface area contributed by atoms with Crippen molar-refractivity contribution >= 4 is 15.9 Å². The predicted molar refractivity (Wildman–Crippen MR) is 99.7 cm³/mol. The normalized spacial score (nSPS) is 10.4. The van der Waals surface area contributed by atoms with Crippen LogP contribution in [0.15, 0.2) is 69.7 Å². The molecule has 0 spiro atoms. The number of nitrogens with zero attached hydrogens (tertiary/aromatic N) is 5. The molecule has 2 heterocycles. The Morgan fingerprint density at radius 1 is 0.963 bits per heavy atom. The Morgan fingerprint density at radius 2 is 1.81 bits per heavy atom. The monoisotopic (exact) mass is 419 g/mol. The lowest BCUT2D eigenvalue weighted by Crippen LogP contribution is -1.92. The number of rotatable bonds is 4. The van der Waals surface area contributed by atoms with Gasteiger partial charge in [-0.1, -0.05) is 27.2 Å². The van der Waals surface area contributed by atoms with Crippen molar-refractivity contribution in [1.29, 1.82) is 5.26 Å². The molecule has 2 aromatic heterocycles. The zero-order valence-electron chi connectivity index (χ0n) is 13.7. The number of aromatic nitrogens is 4. The van der Waals surface area contributed by atoms with Gasteiger partial charge in [0.05, 0.1) is 0 Å². The Bertz CT molecular complexity index is 1120. The van der Waals surface area contributed by atoms with Crippen LogP contribution in [0.2, 0.25) is 0 Å². The molecule has 0 radical (unpaired) electrons. The zero-order valence-corrected chi connectivity index (χ0v) is 15.3. The van der Waals surface area contributed by atoms with Crippen molar-refractivity contribution in [3.05, 3.63) is 70.8 Å². The summed E-state index contributed by atoms with van der Waals surface area (Å²) in [6.07, 6.45) is 0. The molecule has 0 saturated heterocycles. The molecule has 0 aliphatic carbocycles. The molecule has 130 valence electrons. The van der Waals surface area contributed by atoms with E-state index in [2.05, 4.69) is 36.3 Å². The van der Waals surface area contributed by atoms with Crippen LogP contribution in [0.1, 0.15) is 5.69 Å². The van der Waals surface area contributed by atoms with E-state index in [0.29, 0.717) is 23.3 Å². The molecule has 27 heavy (non-hydrogen) atoms. The minimum atomic E-state index is 0.232. The van der Waals surface area contributed by atoms with Crippen LogP contribution in [-0.4, -0.2) is 20.3 Å². The Morgan fingerprint density at radius 3 is 2.52 bits per heavy atom. The van der Waals surface area contributed by atoms with Gasteiger partial charge in [0.15, 0.2) is 5.69 Å². The summed E-state index contributed by atoms with van der Waals surface area (Å²) in [7, 11) is 0. The lowest BCUT2D eigenvalue weighted by Gasteiger charge is -2.04. The highest BCUT2D eigenvalue weighted by Gasteiger charge is 2.11. The molecule has 0 aliphatic rings. The van der Waals surface area contributed by atoms with Crippen LogP contribution in [-0.2, 0) is 0 Å². The first-order chi connectivity index (χ1) is 13.2. The fraction of sp³-hybridized carbons (Fsp3) is 0. The van der Waals surface area contributed by atoms with Crippen LogP contribution in [0, 0.1) is 11.3 Å². The van der Waals surface area contributed by atoms with Crippen LogP contribution < -0.4 is 4.74 Å². The van der Waals surface area contributed by atoms with Gasteiger partial charge >= 0.3 is 0 Å². The van der Waals surface area contributed by atoms with Crippen molar-refractivity contribution in [2.24, 2.45) is 0 Å². The molecular formula is C19H10BrN5O2. The van der Waals surface area contributed by atoms with Crippen LogP contribution in [0.5, 0.6) is 11.6 Å². The molecule has 0 amide bonds. The maximum atomic E-state index is 8.73. The Kier molecular flexibility index (Phi) is 4.60. The number of hydrogen-bond donors (Lipinski definition) is 0. The van der Waals surface area contributed by atoms with Crippen LogP contribution in [0.4, 0.5) is 0 Å². The zero-order chi connectivity index (χ0) is 18.6. The number of ether oxygens (including phenoxy) is 1. The number of nitriles is 1. The molecule has 8 heteroatoms. The molecule has 7 nitrogen and oxygen atoms in total. The molecule has 0 aliphatic heterocycles. The Labute approximate surface area is 162 Å². The van der Waals surface area contributed by atoms with Crippen molar-refractivity contribution in [2.45, 2.75) is 0 Å². The summed E-state index contributed by atoms with van der Waals surface area (Å²) >= 11 is 3.43. The van der Waals surface area contributed by atoms with Gasteiger partial charge in [0.2, 0.25) is 11.7 Å². The molecule has 0 fully saturated rings. The van der Waals surface area contributed by atoms with Gasteiger partial charge in [0, 0.05) is 21.7 Å². The first-order valence-corrected chi connectivity index (χ1v) is 8.62. The van der Waals surface area contributed by atoms with Crippen molar-refractivity contribution in [1.82, 2.24) is 20.3 Å². The highest BCUT2D eigenvalue weighted by molar-refractivity contribution is 9.10. The smallest absolute Gasteiger partial charge is 0.258 e. The fourth-order valence-electron chi connectivity index (χ4n) is 2.31. The van der Waals surface area contributed by atoms with E-state index in [1.165, 1.54) is 0 Å². The molecule has 0 saturated carbocycles. The molecule has 0 N–H and O–H groups in total. The third-order valence-corrected chi connectivity index (χ3v) is 4.08. The minimum Gasteiger partial charge on any atom is -0.438 e. The number of halogens is 1. The third-order valence-electron chi connectivity index (χ3n) is 3.59. The van der Waals surface area contributed by atoms with E-state index in [-0.39, 0.29) is 5.69 Å². The second-order valence-corrected chi connectivity index (χ2v) is 6.34. The largest absolute Gasteiger partial charge is 0.438 e. The Balaban J connectivity index is 1.51. The lowest BCUT2D eigenvalue weighted by atomic mass is 10.2. The molecule has 4 rings (SSSR count). The van der Waals surface area contributed by atoms with Gasteiger partial charge in [-0.25, -0.2) is 0 Å². The molecule has 0 atom stereocenters. The predicted octanol–water partition coefficient (Wildman–Crippen LogP) is 4.62. The summed E-state index contributed by atoms with van der Waals surface area (Å²) in [4.78, 5) is 4.43.